The van der Waals surface area contributed by atoms with E-state index in [1.807, 2.05) is 60.1 Å². The molecule has 0 radical (unpaired) electrons. The second-order valence-corrected chi connectivity index (χ2v) is 7.67. The number of hydrazine groups is 1. The standard InChI is InChI=1S/C24H26N6O/c31-18-28-15-20-8-11-30(17-23(20)22(16-28)19-4-2-1-3-5-19)27-24-7-6-21(14-26-24)29-12-9-25-10-13-29/h1-8,11,14-17,25,31H,9-10,12-13,18H2,(H,26,27). The van der Waals surface area contributed by atoms with Crippen molar-refractivity contribution in [1.29, 1.82) is 0 Å². The molecule has 0 atom stereocenters. The molecule has 0 amide bonds. The van der Waals surface area contributed by atoms with Gasteiger partial charge in [0, 0.05) is 67.7 Å². The molecule has 4 heterocycles. The van der Waals surface area contributed by atoms with Crippen LogP contribution in [-0.4, -0.2) is 52.9 Å². The number of nitrogens with one attached hydrogen (secondary N) is 2. The molecule has 3 aliphatic rings. The maximum atomic E-state index is 9.66. The van der Waals surface area contributed by atoms with Crippen LogP contribution in [0.3, 0.4) is 0 Å². The van der Waals surface area contributed by atoms with E-state index in [9.17, 15) is 5.11 Å². The summed E-state index contributed by atoms with van der Waals surface area (Å²) in [5, 5.41) is 15.0. The van der Waals surface area contributed by atoms with Gasteiger partial charge in [-0.15, -0.1) is 0 Å². The Balaban J connectivity index is 1.36. The summed E-state index contributed by atoms with van der Waals surface area (Å²) >= 11 is 0. The number of aliphatic hydroxyl groups excluding tert-OH is 1. The number of fused-ring (bicyclic) bond motifs is 1. The van der Waals surface area contributed by atoms with Gasteiger partial charge in [0.1, 0.15) is 12.5 Å². The minimum Gasteiger partial charge on any atom is -0.376 e. The van der Waals surface area contributed by atoms with Gasteiger partial charge in [-0.1, -0.05) is 30.3 Å². The summed E-state index contributed by atoms with van der Waals surface area (Å²) < 4.78 is 0. The van der Waals surface area contributed by atoms with Crippen molar-refractivity contribution in [2.24, 2.45) is 0 Å². The van der Waals surface area contributed by atoms with Crippen molar-refractivity contribution in [3.05, 3.63) is 96.2 Å². The fourth-order valence-electron chi connectivity index (χ4n) is 3.99. The molecule has 0 spiro atoms. The molecule has 31 heavy (non-hydrogen) atoms. The second kappa shape index (κ2) is 8.67. The van der Waals surface area contributed by atoms with Gasteiger partial charge in [-0.3, -0.25) is 10.4 Å². The van der Waals surface area contributed by atoms with Gasteiger partial charge in [-0.25, -0.2) is 4.98 Å². The Bertz CT molecular complexity index is 1040. The van der Waals surface area contributed by atoms with E-state index in [1.54, 1.807) is 4.90 Å². The van der Waals surface area contributed by atoms with Crippen molar-refractivity contribution < 1.29 is 5.11 Å². The van der Waals surface area contributed by atoms with E-state index >= 15 is 0 Å². The Morgan fingerprint density at radius 1 is 0.968 bits per heavy atom. The van der Waals surface area contributed by atoms with Crippen LogP contribution < -0.4 is 15.6 Å². The van der Waals surface area contributed by atoms with Crippen LogP contribution in [0.1, 0.15) is 5.56 Å². The van der Waals surface area contributed by atoms with E-state index in [0.29, 0.717) is 0 Å². The average molecular weight is 415 g/mol. The predicted molar refractivity (Wildman–Crippen MR) is 123 cm³/mol. The van der Waals surface area contributed by atoms with Gasteiger partial charge in [0.2, 0.25) is 0 Å². The fraction of sp³-hybridized carbons (Fsp3) is 0.208. The van der Waals surface area contributed by atoms with Crippen molar-refractivity contribution in [2.45, 2.75) is 0 Å². The zero-order valence-corrected chi connectivity index (χ0v) is 17.3. The zero-order chi connectivity index (χ0) is 21.0. The molecule has 3 aliphatic heterocycles. The summed E-state index contributed by atoms with van der Waals surface area (Å²) in [6, 6.07) is 14.3. The van der Waals surface area contributed by atoms with Crippen molar-refractivity contribution in [3.8, 4) is 0 Å². The molecule has 7 nitrogen and oxygen atoms in total. The summed E-state index contributed by atoms with van der Waals surface area (Å²) in [6.07, 6.45) is 11.9. The number of rotatable bonds is 5. The third kappa shape index (κ3) is 4.19. The van der Waals surface area contributed by atoms with Crippen molar-refractivity contribution in [2.75, 3.05) is 43.2 Å². The summed E-state index contributed by atoms with van der Waals surface area (Å²) in [5.41, 5.74) is 8.80. The normalized spacial score (nSPS) is 18.2. The molecule has 1 aromatic heterocycles. The number of piperazine rings is 1. The minimum absolute atomic E-state index is 0.0632. The highest BCUT2D eigenvalue weighted by Gasteiger charge is 2.21. The number of anilines is 2. The molecule has 0 unspecified atom stereocenters. The van der Waals surface area contributed by atoms with Crippen LogP contribution in [0.25, 0.3) is 5.57 Å². The summed E-state index contributed by atoms with van der Waals surface area (Å²) in [5.74, 6) is 0.783. The first-order valence-electron chi connectivity index (χ1n) is 10.5. The van der Waals surface area contributed by atoms with Crippen LogP contribution in [0.2, 0.25) is 0 Å². The second-order valence-electron chi connectivity index (χ2n) is 7.67. The lowest BCUT2D eigenvalue weighted by Gasteiger charge is -2.31. The molecular weight excluding hydrogens is 388 g/mol. The van der Waals surface area contributed by atoms with Crippen LogP contribution in [-0.2, 0) is 0 Å². The lowest BCUT2D eigenvalue weighted by Crippen LogP contribution is -2.43. The molecule has 158 valence electrons. The van der Waals surface area contributed by atoms with Crippen molar-refractivity contribution in [1.82, 2.24) is 20.2 Å². The first kappa shape index (κ1) is 19.4. The molecule has 1 fully saturated rings. The first-order valence-corrected chi connectivity index (χ1v) is 10.5. The Morgan fingerprint density at radius 3 is 2.55 bits per heavy atom. The molecule has 1 saturated heterocycles. The summed E-state index contributed by atoms with van der Waals surface area (Å²) in [6.45, 7) is 3.96. The highest BCUT2D eigenvalue weighted by atomic mass is 16.3. The number of hydrogen-bond donors (Lipinski definition) is 3. The maximum Gasteiger partial charge on any atom is 0.144 e. The summed E-state index contributed by atoms with van der Waals surface area (Å²) in [7, 11) is 0. The molecular formula is C24H26N6O. The lowest BCUT2D eigenvalue weighted by molar-refractivity contribution is 0.190. The zero-order valence-electron chi connectivity index (χ0n) is 17.3. The van der Waals surface area contributed by atoms with E-state index in [1.165, 1.54) is 0 Å². The largest absolute Gasteiger partial charge is 0.376 e. The molecule has 7 heteroatoms. The topological polar surface area (TPSA) is 66.9 Å². The van der Waals surface area contributed by atoms with Gasteiger partial charge in [-0.05, 0) is 23.8 Å². The van der Waals surface area contributed by atoms with Gasteiger partial charge in [-0.2, -0.15) is 0 Å². The monoisotopic (exact) mass is 414 g/mol. The smallest absolute Gasteiger partial charge is 0.144 e. The van der Waals surface area contributed by atoms with E-state index in [0.717, 1.165) is 60.0 Å². The Hall–Kier alpha value is -3.55. The number of pyridine rings is 1. The molecule has 5 rings (SSSR count). The van der Waals surface area contributed by atoms with E-state index < -0.39 is 0 Å². The SMILES string of the molecule is OCN1C=C2C=CN(Nc3ccc(N4CCNCC4)cn3)C=C2C(c2ccccc2)=C1. The molecule has 0 saturated carbocycles. The van der Waals surface area contributed by atoms with E-state index in [2.05, 4.69) is 45.0 Å². The van der Waals surface area contributed by atoms with Gasteiger partial charge in [0.05, 0.1) is 11.9 Å². The first-order chi connectivity index (χ1) is 15.3. The van der Waals surface area contributed by atoms with Crippen LogP contribution >= 0.6 is 0 Å². The van der Waals surface area contributed by atoms with Crippen molar-refractivity contribution in [3.63, 3.8) is 0 Å². The maximum absolute atomic E-state index is 9.66. The van der Waals surface area contributed by atoms with E-state index in [-0.39, 0.29) is 6.73 Å². The van der Waals surface area contributed by atoms with Gasteiger partial charge in [0.15, 0.2) is 0 Å². The van der Waals surface area contributed by atoms with Gasteiger partial charge in [0.25, 0.3) is 0 Å². The molecule has 3 N–H and O–H groups in total. The molecule has 0 bridgehead atoms. The number of hydrogen-bond acceptors (Lipinski definition) is 7. The number of nitrogens with zero attached hydrogens (tertiary/aromatic N) is 4. The quantitative estimate of drug-likeness (QED) is 0.695. The van der Waals surface area contributed by atoms with Gasteiger partial charge >= 0.3 is 0 Å². The number of aromatic nitrogens is 1. The predicted octanol–water partition coefficient (Wildman–Crippen LogP) is 2.72. The third-order valence-electron chi connectivity index (χ3n) is 5.61. The van der Waals surface area contributed by atoms with Crippen LogP contribution in [0.4, 0.5) is 11.5 Å². The minimum atomic E-state index is -0.0632. The van der Waals surface area contributed by atoms with Crippen LogP contribution in [0.5, 0.6) is 0 Å². The number of aliphatic hydroxyl groups is 1. The Labute approximate surface area is 182 Å². The number of allylic oxidation sites excluding steroid dienone is 4. The third-order valence-corrected chi connectivity index (χ3v) is 5.61. The van der Waals surface area contributed by atoms with Crippen LogP contribution in [0, 0.1) is 0 Å². The van der Waals surface area contributed by atoms with Crippen molar-refractivity contribution >= 4 is 17.1 Å². The summed E-state index contributed by atoms with van der Waals surface area (Å²) in [4.78, 5) is 8.74. The lowest BCUT2D eigenvalue weighted by atomic mass is 9.91. The van der Waals surface area contributed by atoms with E-state index in [4.69, 9.17) is 0 Å². The Morgan fingerprint density at radius 2 is 1.81 bits per heavy atom. The Kier molecular flexibility index (Phi) is 5.43. The molecule has 2 aromatic rings. The van der Waals surface area contributed by atoms with Gasteiger partial charge < -0.3 is 20.2 Å². The number of benzene rings is 1. The highest BCUT2D eigenvalue weighted by Crippen LogP contribution is 2.35. The fourth-order valence-corrected chi connectivity index (χ4v) is 3.99. The van der Waals surface area contributed by atoms with Crippen LogP contribution in [0.15, 0.2) is 90.7 Å². The highest BCUT2D eigenvalue weighted by molar-refractivity contribution is 5.86. The molecule has 0 aliphatic carbocycles. The average Bonchev–Trinajstić information content (AvgIpc) is 2.85. The molecule has 1 aromatic carbocycles.